The van der Waals surface area contributed by atoms with Gasteiger partial charge in [-0.2, -0.15) is 0 Å². The topological polar surface area (TPSA) is 21.7 Å². The third kappa shape index (κ3) is 3.85. The van der Waals surface area contributed by atoms with E-state index in [0.717, 1.165) is 44.0 Å². The van der Waals surface area contributed by atoms with Gasteiger partial charge in [0.1, 0.15) is 23.4 Å². The van der Waals surface area contributed by atoms with E-state index in [1.165, 1.54) is 36.1 Å². The molecule has 138 valence electrons. The molecule has 0 spiro atoms. The first-order valence-electron chi connectivity index (χ1n) is 9.52. The minimum Gasteiger partial charge on any atom is -0.497 e. The zero-order valence-electron chi connectivity index (χ0n) is 15.3. The van der Waals surface area contributed by atoms with E-state index in [9.17, 15) is 4.39 Å². The lowest BCUT2D eigenvalue weighted by Crippen LogP contribution is -2.40. The fraction of sp³-hybridized carbons (Fsp3) is 0.455. The average molecular weight is 355 g/mol. The standard InChI is InChI=1S/C22H26FNO2/c1-25-21-7-4-16-2-3-17(22(16)14-21)15-24-12-10-20(11-13-24)26-19-8-5-18(23)6-9-19/h4-9,14,17,20H,2-3,10-13,15H2,1H3. The second-order valence-corrected chi connectivity index (χ2v) is 7.37. The highest BCUT2D eigenvalue weighted by molar-refractivity contribution is 5.41. The number of rotatable bonds is 5. The molecule has 0 N–H and O–H groups in total. The van der Waals surface area contributed by atoms with E-state index in [1.807, 2.05) is 0 Å². The van der Waals surface area contributed by atoms with Crippen molar-refractivity contribution in [2.75, 3.05) is 26.7 Å². The van der Waals surface area contributed by atoms with Gasteiger partial charge in [0.15, 0.2) is 0 Å². The number of ether oxygens (including phenoxy) is 2. The van der Waals surface area contributed by atoms with Gasteiger partial charge >= 0.3 is 0 Å². The van der Waals surface area contributed by atoms with Crippen LogP contribution in [0.3, 0.4) is 0 Å². The van der Waals surface area contributed by atoms with Gasteiger partial charge in [0.25, 0.3) is 0 Å². The fourth-order valence-electron chi connectivity index (χ4n) is 4.21. The van der Waals surface area contributed by atoms with Gasteiger partial charge in [0, 0.05) is 19.6 Å². The van der Waals surface area contributed by atoms with Gasteiger partial charge in [-0.25, -0.2) is 4.39 Å². The molecule has 1 atom stereocenters. The molecule has 0 amide bonds. The molecule has 2 aromatic carbocycles. The molecular formula is C22H26FNO2. The molecule has 1 saturated heterocycles. The van der Waals surface area contributed by atoms with Crippen LogP contribution in [0.1, 0.15) is 36.3 Å². The monoisotopic (exact) mass is 355 g/mol. The summed E-state index contributed by atoms with van der Waals surface area (Å²) >= 11 is 0. The highest BCUT2D eigenvalue weighted by atomic mass is 19.1. The molecule has 3 nitrogen and oxygen atoms in total. The number of methoxy groups -OCH3 is 1. The van der Waals surface area contributed by atoms with Crippen LogP contribution in [0, 0.1) is 5.82 Å². The number of fused-ring (bicyclic) bond motifs is 1. The average Bonchev–Trinajstić information content (AvgIpc) is 3.07. The zero-order valence-corrected chi connectivity index (χ0v) is 15.3. The number of halogens is 1. The van der Waals surface area contributed by atoms with Crippen LogP contribution >= 0.6 is 0 Å². The first-order chi connectivity index (χ1) is 12.7. The van der Waals surface area contributed by atoms with Crippen LogP contribution in [-0.2, 0) is 6.42 Å². The van der Waals surface area contributed by atoms with Crippen molar-refractivity contribution in [3.63, 3.8) is 0 Å². The summed E-state index contributed by atoms with van der Waals surface area (Å²) in [6.45, 7) is 3.23. The summed E-state index contributed by atoms with van der Waals surface area (Å²) in [6, 6.07) is 12.8. The van der Waals surface area contributed by atoms with E-state index in [0.29, 0.717) is 5.92 Å². The maximum absolute atomic E-state index is 13.0. The number of hydrogen-bond donors (Lipinski definition) is 0. The molecular weight excluding hydrogens is 329 g/mol. The molecule has 2 aliphatic rings. The second-order valence-electron chi connectivity index (χ2n) is 7.37. The van der Waals surface area contributed by atoms with Crippen LogP contribution in [0.25, 0.3) is 0 Å². The lowest BCUT2D eigenvalue weighted by Gasteiger charge is -2.33. The van der Waals surface area contributed by atoms with Gasteiger partial charge in [-0.3, -0.25) is 0 Å². The van der Waals surface area contributed by atoms with Crippen LogP contribution in [0.5, 0.6) is 11.5 Å². The third-order valence-corrected chi connectivity index (χ3v) is 5.68. The Hall–Kier alpha value is -2.07. The van der Waals surface area contributed by atoms with Crippen LogP contribution in [0.2, 0.25) is 0 Å². The normalized spacial score (nSPS) is 20.8. The van der Waals surface area contributed by atoms with Crippen LogP contribution < -0.4 is 9.47 Å². The molecule has 4 heteroatoms. The number of benzene rings is 2. The summed E-state index contributed by atoms with van der Waals surface area (Å²) in [5.74, 6) is 2.11. The van der Waals surface area contributed by atoms with Crippen molar-refractivity contribution in [1.82, 2.24) is 4.90 Å². The van der Waals surface area contributed by atoms with E-state index < -0.39 is 0 Å². The van der Waals surface area contributed by atoms with E-state index in [-0.39, 0.29) is 11.9 Å². The Morgan fingerprint density at radius 3 is 2.46 bits per heavy atom. The number of hydrogen-bond acceptors (Lipinski definition) is 3. The molecule has 0 saturated carbocycles. The maximum Gasteiger partial charge on any atom is 0.123 e. The molecule has 1 heterocycles. The Morgan fingerprint density at radius 1 is 1.00 bits per heavy atom. The summed E-state index contributed by atoms with van der Waals surface area (Å²) in [4.78, 5) is 2.56. The summed E-state index contributed by atoms with van der Waals surface area (Å²) in [7, 11) is 1.73. The molecule has 0 aromatic heterocycles. The highest BCUT2D eigenvalue weighted by Gasteiger charge is 2.27. The first-order valence-corrected chi connectivity index (χ1v) is 9.52. The molecule has 1 aliphatic carbocycles. The minimum atomic E-state index is -0.222. The SMILES string of the molecule is COc1ccc2c(c1)C(CN1CCC(Oc3ccc(F)cc3)CC1)CC2. The van der Waals surface area contributed by atoms with Gasteiger partial charge < -0.3 is 14.4 Å². The Bertz CT molecular complexity index is 738. The van der Waals surface area contributed by atoms with Crippen molar-refractivity contribution in [2.45, 2.75) is 37.7 Å². The summed E-state index contributed by atoms with van der Waals surface area (Å²) in [5.41, 5.74) is 2.94. The summed E-state index contributed by atoms with van der Waals surface area (Å²) < 4.78 is 24.4. The highest BCUT2D eigenvalue weighted by Crippen LogP contribution is 2.36. The van der Waals surface area contributed by atoms with Gasteiger partial charge in [0.2, 0.25) is 0 Å². The van der Waals surface area contributed by atoms with Gasteiger partial charge in [-0.15, -0.1) is 0 Å². The van der Waals surface area contributed by atoms with Crippen LogP contribution in [0.4, 0.5) is 4.39 Å². The van der Waals surface area contributed by atoms with Crippen LogP contribution in [0.15, 0.2) is 42.5 Å². The van der Waals surface area contributed by atoms with E-state index in [1.54, 1.807) is 19.2 Å². The minimum absolute atomic E-state index is 0.222. The zero-order chi connectivity index (χ0) is 17.9. The Kier molecular flexibility index (Phi) is 5.11. The predicted octanol–water partition coefficient (Wildman–Crippen LogP) is 4.41. The number of nitrogens with zero attached hydrogens (tertiary/aromatic N) is 1. The first kappa shape index (κ1) is 17.3. The van der Waals surface area contributed by atoms with E-state index >= 15 is 0 Å². The Labute approximate surface area is 154 Å². The van der Waals surface area contributed by atoms with Gasteiger partial charge in [-0.1, -0.05) is 6.07 Å². The smallest absolute Gasteiger partial charge is 0.123 e. The lowest BCUT2D eigenvalue weighted by atomic mass is 9.98. The Balaban J connectivity index is 1.30. The molecule has 1 fully saturated rings. The summed E-state index contributed by atoms with van der Waals surface area (Å²) in [6.07, 6.45) is 4.68. The molecule has 4 rings (SSSR count). The van der Waals surface area contributed by atoms with E-state index in [2.05, 4.69) is 23.1 Å². The van der Waals surface area contributed by atoms with Crippen molar-refractivity contribution in [2.24, 2.45) is 0 Å². The van der Waals surface area contributed by atoms with Crippen molar-refractivity contribution in [3.8, 4) is 11.5 Å². The number of likely N-dealkylation sites (tertiary alicyclic amines) is 1. The van der Waals surface area contributed by atoms with Crippen molar-refractivity contribution < 1.29 is 13.9 Å². The maximum atomic E-state index is 13.0. The lowest BCUT2D eigenvalue weighted by molar-refractivity contribution is 0.0968. The Morgan fingerprint density at radius 2 is 1.73 bits per heavy atom. The molecule has 1 unspecified atom stereocenters. The quantitative estimate of drug-likeness (QED) is 0.793. The van der Waals surface area contributed by atoms with E-state index in [4.69, 9.17) is 9.47 Å². The third-order valence-electron chi connectivity index (χ3n) is 5.68. The second kappa shape index (κ2) is 7.67. The van der Waals surface area contributed by atoms with Gasteiger partial charge in [-0.05, 0) is 79.1 Å². The molecule has 1 aliphatic heterocycles. The largest absolute Gasteiger partial charge is 0.497 e. The van der Waals surface area contributed by atoms with Crippen molar-refractivity contribution >= 4 is 0 Å². The predicted molar refractivity (Wildman–Crippen MR) is 101 cm³/mol. The van der Waals surface area contributed by atoms with Crippen LogP contribution in [-0.4, -0.2) is 37.7 Å². The molecule has 0 radical (unpaired) electrons. The van der Waals surface area contributed by atoms with Crippen molar-refractivity contribution in [1.29, 1.82) is 0 Å². The molecule has 26 heavy (non-hydrogen) atoms. The number of aryl methyl sites for hydroxylation is 1. The summed E-state index contributed by atoms with van der Waals surface area (Å²) in [5, 5.41) is 0. The number of piperidine rings is 1. The molecule has 2 aromatic rings. The van der Waals surface area contributed by atoms with Crippen molar-refractivity contribution in [3.05, 3.63) is 59.4 Å². The van der Waals surface area contributed by atoms with Gasteiger partial charge in [0.05, 0.1) is 7.11 Å². The fourth-order valence-corrected chi connectivity index (χ4v) is 4.21. The molecule has 0 bridgehead atoms.